The highest BCUT2D eigenvalue weighted by Gasteiger charge is 2.11. The Bertz CT molecular complexity index is 536. The highest BCUT2D eigenvalue weighted by molar-refractivity contribution is 6.28. The van der Waals surface area contributed by atoms with Crippen molar-refractivity contribution in [3.63, 3.8) is 0 Å². The molecule has 1 aromatic carbocycles. The zero-order chi connectivity index (χ0) is 11.7. The van der Waals surface area contributed by atoms with Gasteiger partial charge in [0.1, 0.15) is 11.5 Å². The van der Waals surface area contributed by atoms with Crippen LogP contribution < -0.4 is 10.1 Å². The van der Waals surface area contributed by atoms with E-state index in [-0.39, 0.29) is 0 Å². The lowest BCUT2D eigenvalue weighted by Crippen LogP contribution is -1.98. The number of fused-ring (bicyclic) bond motifs is 1. The molecular weight excluding hydrogens is 238 g/mol. The fraction of sp³-hybridized carbons (Fsp3) is 0.231. The predicted molar refractivity (Wildman–Crippen MR) is 66.7 cm³/mol. The van der Waals surface area contributed by atoms with Crippen molar-refractivity contribution in [3.05, 3.63) is 46.9 Å². The molecule has 4 heteroatoms. The summed E-state index contributed by atoms with van der Waals surface area (Å²) < 4.78 is 10.7. The van der Waals surface area contributed by atoms with Crippen LogP contribution in [0.1, 0.15) is 11.3 Å². The largest absolute Gasteiger partial charge is 0.493 e. The molecule has 3 rings (SSSR count). The average molecular weight is 250 g/mol. The van der Waals surface area contributed by atoms with Crippen LogP contribution in [0.3, 0.4) is 0 Å². The Kier molecular flexibility index (Phi) is 2.69. The summed E-state index contributed by atoms with van der Waals surface area (Å²) in [4.78, 5) is 0. The normalized spacial score (nSPS) is 13.2. The molecular formula is C13H12ClNO2. The van der Waals surface area contributed by atoms with Gasteiger partial charge >= 0.3 is 0 Å². The molecule has 0 atom stereocenters. The molecule has 0 saturated heterocycles. The topological polar surface area (TPSA) is 34.4 Å². The zero-order valence-corrected chi connectivity index (χ0v) is 9.96. The van der Waals surface area contributed by atoms with Gasteiger partial charge in [0.15, 0.2) is 5.22 Å². The summed E-state index contributed by atoms with van der Waals surface area (Å²) in [6.45, 7) is 1.42. The fourth-order valence-electron chi connectivity index (χ4n) is 1.93. The third-order valence-corrected chi connectivity index (χ3v) is 2.99. The number of furan rings is 1. The van der Waals surface area contributed by atoms with E-state index in [0.29, 0.717) is 11.8 Å². The van der Waals surface area contributed by atoms with Gasteiger partial charge in [-0.1, -0.05) is 0 Å². The molecule has 0 unspecified atom stereocenters. The van der Waals surface area contributed by atoms with Gasteiger partial charge in [0, 0.05) is 12.1 Å². The molecule has 2 heterocycles. The molecule has 0 bridgehead atoms. The van der Waals surface area contributed by atoms with Crippen molar-refractivity contribution in [2.75, 3.05) is 11.9 Å². The summed E-state index contributed by atoms with van der Waals surface area (Å²) in [5.74, 6) is 1.82. The van der Waals surface area contributed by atoms with Crippen LogP contribution in [-0.4, -0.2) is 6.61 Å². The van der Waals surface area contributed by atoms with Gasteiger partial charge in [-0.05, 0) is 47.5 Å². The molecule has 1 aliphatic rings. The van der Waals surface area contributed by atoms with Gasteiger partial charge in [0.2, 0.25) is 0 Å². The van der Waals surface area contributed by atoms with Crippen molar-refractivity contribution in [3.8, 4) is 5.75 Å². The maximum atomic E-state index is 5.71. The van der Waals surface area contributed by atoms with Crippen LogP contribution in [0, 0.1) is 0 Å². The van der Waals surface area contributed by atoms with Gasteiger partial charge in [0.05, 0.1) is 13.2 Å². The molecule has 17 heavy (non-hydrogen) atoms. The number of nitrogens with one attached hydrogen (secondary N) is 1. The van der Waals surface area contributed by atoms with E-state index in [0.717, 1.165) is 30.2 Å². The van der Waals surface area contributed by atoms with Crippen molar-refractivity contribution in [2.45, 2.75) is 13.0 Å². The van der Waals surface area contributed by atoms with E-state index in [9.17, 15) is 0 Å². The van der Waals surface area contributed by atoms with Gasteiger partial charge in [-0.2, -0.15) is 0 Å². The summed E-state index contributed by atoms with van der Waals surface area (Å²) in [5.41, 5.74) is 2.33. The lowest BCUT2D eigenvalue weighted by Gasteiger charge is -2.06. The SMILES string of the molecule is Clc1ccc(CNc2ccc3c(c2)CCO3)o1. The minimum absolute atomic E-state index is 0.421. The summed E-state index contributed by atoms with van der Waals surface area (Å²) in [5, 5.41) is 3.72. The first kappa shape index (κ1) is 10.5. The standard InChI is InChI=1S/C13H12ClNO2/c14-13-4-2-11(17-13)8-15-10-1-3-12-9(7-10)5-6-16-12/h1-4,7,15H,5-6,8H2. The summed E-state index contributed by atoms with van der Waals surface area (Å²) in [7, 11) is 0. The molecule has 2 aromatic rings. The smallest absolute Gasteiger partial charge is 0.193 e. The number of anilines is 1. The van der Waals surface area contributed by atoms with Gasteiger partial charge in [-0.25, -0.2) is 0 Å². The summed E-state index contributed by atoms with van der Waals surface area (Å²) in [6, 6.07) is 9.74. The van der Waals surface area contributed by atoms with Gasteiger partial charge in [0.25, 0.3) is 0 Å². The van der Waals surface area contributed by atoms with E-state index in [4.69, 9.17) is 20.8 Å². The fourth-order valence-corrected chi connectivity index (χ4v) is 2.09. The second-order valence-corrected chi connectivity index (χ2v) is 4.35. The van der Waals surface area contributed by atoms with Crippen LogP contribution in [-0.2, 0) is 13.0 Å². The second-order valence-electron chi connectivity index (χ2n) is 3.98. The minimum Gasteiger partial charge on any atom is -0.493 e. The Hall–Kier alpha value is -1.61. The number of hydrogen-bond acceptors (Lipinski definition) is 3. The molecule has 1 aromatic heterocycles. The molecule has 0 saturated carbocycles. The van der Waals surface area contributed by atoms with E-state index in [1.165, 1.54) is 5.56 Å². The number of benzene rings is 1. The van der Waals surface area contributed by atoms with Crippen LogP contribution in [0.4, 0.5) is 5.69 Å². The number of hydrogen-bond donors (Lipinski definition) is 1. The highest BCUT2D eigenvalue weighted by atomic mass is 35.5. The molecule has 1 aliphatic heterocycles. The van der Waals surface area contributed by atoms with E-state index in [1.54, 1.807) is 6.07 Å². The quantitative estimate of drug-likeness (QED) is 0.904. The first-order valence-electron chi connectivity index (χ1n) is 5.55. The van der Waals surface area contributed by atoms with E-state index >= 15 is 0 Å². The molecule has 3 nitrogen and oxygen atoms in total. The van der Waals surface area contributed by atoms with Crippen molar-refractivity contribution < 1.29 is 9.15 Å². The monoisotopic (exact) mass is 249 g/mol. The van der Waals surface area contributed by atoms with Gasteiger partial charge in [-0.15, -0.1) is 0 Å². The van der Waals surface area contributed by atoms with Crippen LogP contribution in [0.15, 0.2) is 34.7 Å². The third kappa shape index (κ3) is 2.24. The van der Waals surface area contributed by atoms with Crippen molar-refractivity contribution in [2.24, 2.45) is 0 Å². The van der Waals surface area contributed by atoms with Crippen LogP contribution in [0.2, 0.25) is 5.22 Å². The first-order chi connectivity index (χ1) is 8.31. The predicted octanol–water partition coefficient (Wildman–Crippen LogP) is 3.48. The van der Waals surface area contributed by atoms with Crippen molar-refractivity contribution in [1.29, 1.82) is 0 Å². The average Bonchev–Trinajstić information content (AvgIpc) is 2.94. The third-order valence-electron chi connectivity index (χ3n) is 2.79. The molecule has 0 amide bonds. The highest BCUT2D eigenvalue weighted by Crippen LogP contribution is 2.28. The van der Waals surface area contributed by atoms with E-state index in [1.807, 2.05) is 18.2 Å². The van der Waals surface area contributed by atoms with Crippen molar-refractivity contribution in [1.82, 2.24) is 0 Å². The first-order valence-corrected chi connectivity index (χ1v) is 5.93. The zero-order valence-electron chi connectivity index (χ0n) is 9.20. The molecule has 1 N–H and O–H groups in total. The Labute approximate surface area is 104 Å². The molecule has 0 fully saturated rings. The number of ether oxygens (including phenoxy) is 1. The molecule has 0 aliphatic carbocycles. The van der Waals surface area contributed by atoms with Crippen LogP contribution >= 0.6 is 11.6 Å². The lowest BCUT2D eigenvalue weighted by molar-refractivity contribution is 0.357. The van der Waals surface area contributed by atoms with E-state index < -0.39 is 0 Å². The molecule has 0 spiro atoms. The maximum Gasteiger partial charge on any atom is 0.193 e. The van der Waals surface area contributed by atoms with Crippen LogP contribution in [0.5, 0.6) is 5.75 Å². The van der Waals surface area contributed by atoms with Crippen molar-refractivity contribution >= 4 is 17.3 Å². The summed E-state index contributed by atoms with van der Waals surface area (Å²) in [6.07, 6.45) is 0.984. The van der Waals surface area contributed by atoms with Gasteiger partial charge in [-0.3, -0.25) is 0 Å². The Morgan fingerprint density at radius 2 is 2.18 bits per heavy atom. The maximum absolute atomic E-state index is 5.71. The Morgan fingerprint density at radius 1 is 1.24 bits per heavy atom. The Balaban J connectivity index is 1.69. The van der Waals surface area contributed by atoms with Crippen LogP contribution in [0.25, 0.3) is 0 Å². The lowest BCUT2D eigenvalue weighted by atomic mass is 10.1. The summed E-state index contributed by atoms with van der Waals surface area (Å²) >= 11 is 5.71. The second kappa shape index (κ2) is 4.34. The Morgan fingerprint density at radius 3 is 3.00 bits per heavy atom. The molecule has 0 radical (unpaired) electrons. The van der Waals surface area contributed by atoms with E-state index in [2.05, 4.69) is 11.4 Å². The number of rotatable bonds is 3. The number of halogens is 1. The minimum atomic E-state index is 0.421. The molecule has 88 valence electrons. The van der Waals surface area contributed by atoms with Gasteiger partial charge < -0.3 is 14.5 Å².